The third-order valence-corrected chi connectivity index (χ3v) is 4.16. The SMILES string of the molecule is COc1ccc(C(=O)CNCC(c2ccc(OC)cc2)N(C)C)cc1. The van der Waals surface area contributed by atoms with Crippen molar-refractivity contribution in [3.05, 3.63) is 59.7 Å². The van der Waals surface area contributed by atoms with E-state index in [0.29, 0.717) is 18.7 Å². The maximum Gasteiger partial charge on any atom is 0.176 e. The Balaban J connectivity index is 1.92. The molecule has 1 unspecified atom stereocenters. The Bertz CT molecular complexity index is 666. The summed E-state index contributed by atoms with van der Waals surface area (Å²) in [4.78, 5) is 14.4. The van der Waals surface area contributed by atoms with Crippen molar-refractivity contribution in [3.8, 4) is 11.5 Å². The summed E-state index contributed by atoms with van der Waals surface area (Å²) in [6, 6.07) is 15.4. The number of likely N-dealkylation sites (N-methyl/N-ethyl adjacent to an activating group) is 1. The predicted octanol–water partition coefficient (Wildman–Crippen LogP) is 2.78. The van der Waals surface area contributed by atoms with Gasteiger partial charge in [0.2, 0.25) is 0 Å². The second kappa shape index (κ2) is 9.20. The standard InChI is InChI=1S/C20H26N2O3/c1-22(2)19(15-5-9-17(24-3)10-6-15)13-21-14-20(23)16-7-11-18(25-4)12-8-16/h5-12,19,21H,13-14H2,1-4H3. The van der Waals surface area contributed by atoms with E-state index in [0.717, 1.165) is 11.5 Å². The van der Waals surface area contributed by atoms with Crippen LogP contribution in [-0.4, -0.2) is 52.1 Å². The highest BCUT2D eigenvalue weighted by Crippen LogP contribution is 2.20. The number of hydrogen-bond donors (Lipinski definition) is 1. The van der Waals surface area contributed by atoms with Gasteiger partial charge in [0.15, 0.2) is 5.78 Å². The fourth-order valence-electron chi connectivity index (χ4n) is 2.63. The zero-order chi connectivity index (χ0) is 18.2. The molecule has 0 bridgehead atoms. The quantitative estimate of drug-likeness (QED) is 0.710. The summed E-state index contributed by atoms with van der Waals surface area (Å²) in [7, 11) is 7.33. The van der Waals surface area contributed by atoms with Gasteiger partial charge in [-0.25, -0.2) is 0 Å². The van der Waals surface area contributed by atoms with Gasteiger partial charge >= 0.3 is 0 Å². The summed E-state index contributed by atoms with van der Waals surface area (Å²) in [6.45, 7) is 0.980. The lowest BCUT2D eigenvalue weighted by Crippen LogP contribution is -2.33. The first-order valence-electron chi connectivity index (χ1n) is 8.23. The van der Waals surface area contributed by atoms with Crippen LogP contribution in [0.15, 0.2) is 48.5 Å². The lowest BCUT2D eigenvalue weighted by Gasteiger charge is -2.25. The van der Waals surface area contributed by atoms with Gasteiger partial charge < -0.3 is 19.7 Å². The van der Waals surface area contributed by atoms with Crippen LogP contribution in [0, 0.1) is 0 Å². The zero-order valence-electron chi connectivity index (χ0n) is 15.3. The van der Waals surface area contributed by atoms with E-state index in [4.69, 9.17) is 9.47 Å². The minimum Gasteiger partial charge on any atom is -0.497 e. The largest absolute Gasteiger partial charge is 0.497 e. The number of nitrogens with one attached hydrogen (secondary N) is 1. The van der Waals surface area contributed by atoms with Crippen LogP contribution in [0.5, 0.6) is 11.5 Å². The molecule has 0 aliphatic carbocycles. The van der Waals surface area contributed by atoms with Crippen LogP contribution in [0.1, 0.15) is 22.0 Å². The van der Waals surface area contributed by atoms with Crippen LogP contribution < -0.4 is 14.8 Å². The number of benzene rings is 2. The lowest BCUT2D eigenvalue weighted by molar-refractivity contribution is 0.0988. The smallest absolute Gasteiger partial charge is 0.176 e. The van der Waals surface area contributed by atoms with E-state index in [1.54, 1.807) is 38.5 Å². The van der Waals surface area contributed by atoms with Crippen LogP contribution in [-0.2, 0) is 0 Å². The van der Waals surface area contributed by atoms with Gasteiger partial charge in [-0.15, -0.1) is 0 Å². The maximum absolute atomic E-state index is 12.3. The van der Waals surface area contributed by atoms with Gasteiger partial charge in [-0.1, -0.05) is 12.1 Å². The summed E-state index contributed by atoms with van der Waals surface area (Å²) >= 11 is 0. The molecule has 0 spiro atoms. The highest BCUT2D eigenvalue weighted by atomic mass is 16.5. The number of carbonyl (C=O) groups excluding carboxylic acids is 1. The molecule has 0 radical (unpaired) electrons. The molecular weight excluding hydrogens is 316 g/mol. The summed E-state index contributed by atoms with van der Waals surface area (Å²) in [5.41, 5.74) is 1.86. The van der Waals surface area contributed by atoms with Gasteiger partial charge in [0.05, 0.1) is 20.8 Å². The molecule has 0 aliphatic heterocycles. The van der Waals surface area contributed by atoms with Gasteiger partial charge in [0.1, 0.15) is 11.5 Å². The highest BCUT2D eigenvalue weighted by Gasteiger charge is 2.15. The monoisotopic (exact) mass is 342 g/mol. The molecule has 2 aromatic carbocycles. The minimum absolute atomic E-state index is 0.0647. The van der Waals surface area contributed by atoms with Gasteiger partial charge in [0.25, 0.3) is 0 Å². The number of rotatable bonds is 9. The van der Waals surface area contributed by atoms with Crippen molar-refractivity contribution >= 4 is 5.78 Å². The Morgan fingerprint density at radius 1 is 0.960 bits per heavy atom. The number of Topliss-reactive ketones (excluding diaryl/α,β-unsaturated/α-hetero) is 1. The molecule has 25 heavy (non-hydrogen) atoms. The van der Waals surface area contributed by atoms with E-state index in [2.05, 4.69) is 22.3 Å². The van der Waals surface area contributed by atoms with Crippen LogP contribution in [0.2, 0.25) is 0 Å². The van der Waals surface area contributed by atoms with E-state index in [1.807, 2.05) is 26.2 Å². The molecule has 5 heteroatoms. The predicted molar refractivity (Wildman–Crippen MR) is 99.6 cm³/mol. The Morgan fingerprint density at radius 3 is 1.96 bits per heavy atom. The Hall–Kier alpha value is -2.37. The number of methoxy groups -OCH3 is 2. The van der Waals surface area contributed by atoms with E-state index in [-0.39, 0.29) is 11.8 Å². The first kappa shape index (κ1) is 19.0. The molecule has 0 saturated heterocycles. The van der Waals surface area contributed by atoms with Crippen LogP contribution in [0.3, 0.4) is 0 Å². The molecule has 0 aromatic heterocycles. The number of carbonyl (C=O) groups is 1. The summed E-state index contributed by atoms with van der Waals surface area (Å²) in [5, 5.41) is 3.27. The van der Waals surface area contributed by atoms with Crippen molar-refractivity contribution < 1.29 is 14.3 Å². The fourth-order valence-corrected chi connectivity index (χ4v) is 2.63. The molecule has 134 valence electrons. The van der Waals surface area contributed by atoms with Gasteiger partial charge in [-0.2, -0.15) is 0 Å². The topological polar surface area (TPSA) is 50.8 Å². The summed E-state index contributed by atoms with van der Waals surface area (Å²) < 4.78 is 10.3. The van der Waals surface area contributed by atoms with Crippen molar-refractivity contribution in [2.45, 2.75) is 6.04 Å². The number of ketones is 1. The molecule has 0 saturated carbocycles. The molecule has 0 heterocycles. The second-order valence-corrected chi connectivity index (χ2v) is 6.04. The van der Waals surface area contributed by atoms with Gasteiger partial charge in [0, 0.05) is 18.2 Å². The van der Waals surface area contributed by atoms with E-state index >= 15 is 0 Å². The molecule has 0 amide bonds. The molecule has 2 aromatic rings. The highest BCUT2D eigenvalue weighted by molar-refractivity contribution is 5.97. The van der Waals surface area contributed by atoms with E-state index < -0.39 is 0 Å². The first-order chi connectivity index (χ1) is 12.0. The van der Waals surface area contributed by atoms with Crippen LogP contribution in [0.25, 0.3) is 0 Å². The van der Waals surface area contributed by atoms with Gasteiger partial charge in [-0.3, -0.25) is 4.79 Å². The number of ether oxygens (including phenoxy) is 2. The molecule has 2 rings (SSSR count). The third-order valence-electron chi connectivity index (χ3n) is 4.16. The molecular formula is C20H26N2O3. The van der Waals surface area contributed by atoms with Crippen molar-refractivity contribution in [1.29, 1.82) is 0 Å². The lowest BCUT2D eigenvalue weighted by atomic mass is 10.1. The zero-order valence-corrected chi connectivity index (χ0v) is 15.3. The molecule has 1 N–H and O–H groups in total. The average molecular weight is 342 g/mol. The van der Waals surface area contributed by atoms with Crippen molar-refractivity contribution in [3.63, 3.8) is 0 Å². The normalized spacial score (nSPS) is 12.0. The molecule has 0 fully saturated rings. The van der Waals surface area contributed by atoms with Crippen LogP contribution in [0.4, 0.5) is 0 Å². The van der Waals surface area contributed by atoms with E-state index in [9.17, 15) is 4.79 Å². The third kappa shape index (κ3) is 5.31. The van der Waals surface area contributed by atoms with E-state index in [1.165, 1.54) is 5.56 Å². The second-order valence-electron chi connectivity index (χ2n) is 6.04. The van der Waals surface area contributed by atoms with Gasteiger partial charge in [-0.05, 0) is 56.1 Å². The fraction of sp³-hybridized carbons (Fsp3) is 0.350. The number of hydrogen-bond acceptors (Lipinski definition) is 5. The van der Waals surface area contributed by atoms with Crippen LogP contribution >= 0.6 is 0 Å². The summed E-state index contributed by atoms with van der Waals surface area (Å²) in [5.74, 6) is 1.65. The Morgan fingerprint density at radius 2 is 1.48 bits per heavy atom. The Kier molecular flexibility index (Phi) is 6.98. The maximum atomic E-state index is 12.3. The average Bonchev–Trinajstić information content (AvgIpc) is 2.65. The first-order valence-corrected chi connectivity index (χ1v) is 8.23. The summed E-state index contributed by atoms with van der Waals surface area (Å²) in [6.07, 6.45) is 0. The van der Waals surface area contributed by atoms with Crippen molar-refractivity contribution in [2.24, 2.45) is 0 Å². The van der Waals surface area contributed by atoms with Crippen molar-refractivity contribution in [1.82, 2.24) is 10.2 Å². The van der Waals surface area contributed by atoms with Crippen molar-refractivity contribution in [2.75, 3.05) is 41.4 Å². The molecule has 1 atom stereocenters. The molecule has 0 aliphatic rings. The minimum atomic E-state index is 0.0647. The number of nitrogens with zero attached hydrogens (tertiary/aromatic N) is 1. The Labute approximate surface area is 149 Å². The molecule has 5 nitrogen and oxygen atoms in total.